The summed E-state index contributed by atoms with van der Waals surface area (Å²) < 4.78 is 12.2. The molecule has 1 aliphatic heterocycles. The zero-order valence-electron chi connectivity index (χ0n) is 18.6. The lowest BCUT2D eigenvalue weighted by atomic mass is 10.1. The van der Waals surface area contributed by atoms with Gasteiger partial charge in [0.05, 0.1) is 20.0 Å². The first-order valence-electron chi connectivity index (χ1n) is 10.5. The Hall–Kier alpha value is -3.86. The Morgan fingerprint density at radius 1 is 1.03 bits per heavy atom. The predicted molar refractivity (Wildman–Crippen MR) is 125 cm³/mol. The molecule has 3 amide bonds. The fraction of sp³-hybridized carbons (Fsp3) is 0.261. The Labute approximate surface area is 200 Å². The molecule has 1 saturated heterocycles. The molecule has 0 spiro atoms. The van der Waals surface area contributed by atoms with E-state index in [2.05, 4.69) is 20.8 Å². The standard InChI is InChI=1S/C23H23N5O5S/c1-32-17-7-3-14(4-8-17)19(29)13-34-23-27-26-20(11-15-12-21(30)25-22(31)24-15)28(23)16-5-9-18(33-2)10-6-16/h3-10,15H,11-13H2,1-2H3,(H2,24,25,30,31). The van der Waals surface area contributed by atoms with Crippen LogP contribution in [-0.2, 0) is 11.2 Å². The third-order valence-electron chi connectivity index (χ3n) is 5.22. The van der Waals surface area contributed by atoms with Crippen LogP contribution < -0.4 is 20.1 Å². The van der Waals surface area contributed by atoms with Crippen molar-refractivity contribution in [2.45, 2.75) is 24.0 Å². The Morgan fingerprint density at radius 3 is 2.29 bits per heavy atom. The number of carbonyl (C=O) groups is 3. The molecule has 0 aliphatic carbocycles. The van der Waals surface area contributed by atoms with Crippen LogP contribution in [0.2, 0.25) is 0 Å². The molecular formula is C23H23N5O5S. The van der Waals surface area contributed by atoms with E-state index < -0.39 is 12.1 Å². The van der Waals surface area contributed by atoms with Crippen molar-refractivity contribution in [2.24, 2.45) is 0 Å². The van der Waals surface area contributed by atoms with Crippen molar-refractivity contribution in [2.75, 3.05) is 20.0 Å². The molecule has 3 aromatic rings. The van der Waals surface area contributed by atoms with Gasteiger partial charge in [-0.25, -0.2) is 4.79 Å². The van der Waals surface area contributed by atoms with Gasteiger partial charge in [0.15, 0.2) is 10.9 Å². The molecule has 1 atom stereocenters. The van der Waals surface area contributed by atoms with Crippen LogP contribution in [0.15, 0.2) is 53.7 Å². The third-order valence-corrected chi connectivity index (χ3v) is 6.15. The van der Waals surface area contributed by atoms with Gasteiger partial charge in [0.1, 0.15) is 17.3 Å². The topological polar surface area (TPSA) is 124 Å². The van der Waals surface area contributed by atoms with E-state index in [4.69, 9.17) is 9.47 Å². The van der Waals surface area contributed by atoms with Crippen LogP contribution in [0.1, 0.15) is 22.6 Å². The van der Waals surface area contributed by atoms with E-state index in [1.165, 1.54) is 11.8 Å². The summed E-state index contributed by atoms with van der Waals surface area (Å²) in [7, 11) is 3.16. The van der Waals surface area contributed by atoms with E-state index in [0.717, 1.165) is 5.69 Å². The van der Waals surface area contributed by atoms with Gasteiger partial charge in [-0.2, -0.15) is 0 Å². The average Bonchev–Trinajstić information content (AvgIpc) is 3.24. The van der Waals surface area contributed by atoms with Gasteiger partial charge in [0, 0.05) is 30.1 Å². The number of amides is 3. The molecule has 0 radical (unpaired) electrons. The van der Waals surface area contributed by atoms with Crippen LogP contribution in [0.5, 0.6) is 11.5 Å². The predicted octanol–water partition coefficient (Wildman–Crippen LogP) is 2.40. The van der Waals surface area contributed by atoms with Gasteiger partial charge < -0.3 is 14.8 Å². The maximum Gasteiger partial charge on any atom is 0.321 e. The van der Waals surface area contributed by atoms with E-state index in [-0.39, 0.29) is 23.9 Å². The lowest BCUT2D eigenvalue weighted by Crippen LogP contribution is -2.53. The summed E-state index contributed by atoms with van der Waals surface area (Å²) in [6, 6.07) is 13.3. The molecule has 2 heterocycles. The van der Waals surface area contributed by atoms with E-state index in [1.807, 2.05) is 28.8 Å². The molecule has 176 valence electrons. The van der Waals surface area contributed by atoms with Gasteiger partial charge in [0.25, 0.3) is 0 Å². The summed E-state index contributed by atoms with van der Waals surface area (Å²) in [6.07, 6.45) is 0.435. The van der Waals surface area contributed by atoms with Gasteiger partial charge >= 0.3 is 6.03 Å². The highest BCUT2D eigenvalue weighted by atomic mass is 32.2. The number of rotatable bonds is 9. The Morgan fingerprint density at radius 2 is 1.68 bits per heavy atom. The molecule has 1 aromatic heterocycles. The van der Waals surface area contributed by atoms with E-state index >= 15 is 0 Å². The number of hydrogen-bond donors (Lipinski definition) is 2. The van der Waals surface area contributed by atoms with Gasteiger partial charge in [0.2, 0.25) is 5.91 Å². The maximum absolute atomic E-state index is 12.7. The Kier molecular flexibility index (Phi) is 7.12. The van der Waals surface area contributed by atoms with Crippen molar-refractivity contribution < 1.29 is 23.9 Å². The number of ketones is 1. The largest absolute Gasteiger partial charge is 0.497 e. The first-order valence-corrected chi connectivity index (χ1v) is 11.4. The summed E-state index contributed by atoms with van der Waals surface area (Å²) in [5, 5.41) is 14.1. The van der Waals surface area contributed by atoms with Crippen LogP contribution in [0.3, 0.4) is 0 Å². The number of imide groups is 1. The normalized spacial score (nSPS) is 15.4. The number of Topliss-reactive ketones (excluding diaryl/α,β-unsaturated/α-hetero) is 1. The molecule has 4 rings (SSSR count). The molecule has 0 saturated carbocycles. The van der Waals surface area contributed by atoms with Crippen LogP contribution in [0.25, 0.3) is 5.69 Å². The smallest absolute Gasteiger partial charge is 0.321 e. The van der Waals surface area contributed by atoms with Gasteiger partial charge in [-0.1, -0.05) is 11.8 Å². The molecule has 34 heavy (non-hydrogen) atoms. The van der Waals surface area contributed by atoms with Crippen molar-refractivity contribution in [1.29, 1.82) is 0 Å². The number of urea groups is 1. The lowest BCUT2D eigenvalue weighted by Gasteiger charge is -2.23. The van der Waals surface area contributed by atoms with Crippen LogP contribution in [0, 0.1) is 0 Å². The number of aromatic nitrogens is 3. The SMILES string of the molecule is COc1ccc(C(=O)CSc2nnc(CC3CC(=O)NC(=O)N3)n2-c2ccc(OC)cc2)cc1. The molecule has 1 fully saturated rings. The Bertz CT molecular complexity index is 1180. The van der Waals surface area contributed by atoms with Crippen molar-refractivity contribution in [3.63, 3.8) is 0 Å². The highest BCUT2D eigenvalue weighted by Crippen LogP contribution is 2.26. The van der Waals surface area contributed by atoms with Crippen molar-refractivity contribution in [1.82, 2.24) is 25.4 Å². The maximum atomic E-state index is 12.7. The number of hydrogen-bond acceptors (Lipinski definition) is 8. The quantitative estimate of drug-likeness (QED) is 0.353. The number of thioether (sulfide) groups is 1. The third kappa shape index (κ3) is 5.37. The minimum Gasteiger partial charge on any atom is -0.497 e. The molecule has 1 unspecified atom stereocenters. The number of ether oxygens (including phenoxy) is 2. The average molecular weight is 482 g/mol. The van der Waals surface area contributed by atoms with E-state index in [9.17, 15) is 14.4 Å². The van der Waals surface area contributed by atoms with Gasteiger partial charge in [-0.15, -0.1) is 10.2 Å². The van der Waals surface area contributed by atoms with Crippen LogP contribution >= 0.6 is 11.8 Å². The molecule has 11 heteroatoms. The highest BCUT2D eigenvalue weighted by molar-refractivity contribution is 7.99. The van der Waals surface area contributed by atoms with Gasteiger partial charge in [-0.3, -0.25) is 19.5 Å². The number of nitrogens with one attached hydrogen (secondary N) is 2. The van der Waals surface area contributed by atoms with E-state index in [0.29, 0.717) is 34.5 Å². The second kappa shape index (κ2) is 10.4. The summed E-state index contributed by atoms with van der Waals surface area (Å²) in [5.74, 6) is 1.68. The van der Waals surface area contributed by atoms with Crippen LogP contribution in [-0.4, -0.2) is 58.5 Å². The summed E-state index contributed by atoms with van der Waals surface area (Å²) in [6.45, 7) is 0. The minimum atomic E-state index is -0.531. The van der Waals surface area contributed by atoms with Crippen molar-refractivity contribution in [3.8, 4) is 17.2 Å². The van der Waals surface area contributed by atoms with Gasteiger partial charge in [-0.05, 0) is 48.5 Å². The number of methoxy groups -OCH3 is 2. The minimum absolute atomic E-state index is 0.0605. The second-order valence-electron chi connectivity index (χ2n) is 7.50. The number of nitrogens with zero attached hydrogens (tertiary/aromatic N) is 3. The fourth-order valence-electron chi connectivity index (χ4n) is 3.52. The van der Waals surface area contributed by atoms with Crippen LogP contribution in [0.4, 0.5) is 4.79 Å². The molecule has 0 bridgehead atoms. The summed E-state index contributed by atoms with van der Waals surface area (Å²) in [4.78, 5) is 36.2. The molecular weight excluding hydrogens is 458 g/mol. The first-order chi connectivity index (χ1) is 16.5. The number of carbonyl (C=O) groups excluding carboxylic acids is 3. The summed E-state index contributed by atoms with van der Waals surface area (Å²) in [5.41, 5.74) is 1.34. The van der Waals surface area contributed by atoms with Crippen molar-refractivity contribution in [3.05, 3.63) is 59.9 Å². The number of benzene rings is 2. The lowest BCUT2D eigenvalue weighted by molar-refractivity contribution is -0.121. The summed E-state index contributed by atoms with van der Waals surface area (Å²) >= 11 is 1.26. The zero-order chi connectivity index (χ0) is 24.1. The first kappa shape index (κ1) is 23.3. The van der Waals surface area contributed by atoms with E-state index in [1.54, 1.807) is 38.5 Å². The molecule has 2 N–H and O–H groups in total. The molecule has 2 aromatic carbocycles. The molecule has 10 nitrogen and oxygen atoms in total. The molecule has 1 aliphatic rings. The zero-order valence-corrected chi connectivity index (χ0v) is 19.4. The van der Waals surface area contributed by atoms with Crippen molar-refractivity contribution >= 4 is 29.5 Å². The highest BCUT2D eigenvalue weighted by Gasteiger charge is 2.27. The fourth-order valence-corrected chi connectivity index (χ4v) is 4.39. The Balaban J connectivity index is 1.57. The second-order valence-corrected chi connectivity index (χ2v) is 8.44. The monoisotopic (exact) mass is 481 g/mol.